The maximum Gasteiger partial charge on any atom is 0.188 e. The molecule has 108 valence electrons. The minimum atomic E-state index is 0.223. The van der Waals surface area contributed by atoms with Crippen molar-refractivity contribution < 1.29 is 14.2 Å². The van der Waals surface area contributed by atoms with Crippen LogP contribution >= 0.6 is 15.9 Å². The van der Waals surface area contributed by atoms with E-state index in [1.165, 1.54) is 5.56 Å². The van der Waals surface area contributed by atoms with Crippen molar-refractivity contribution in [2.24, 2.45) is 0 Å². The molecule has 0 saturated heterocycles. The van der Waals surface area contributed by atoms with Crippen molar-refractivity contribution in [3.05, 3.63) is 34.3 Å². The van der Waals surface area contributed by atoms with Gasteiger partial charge in [0.15, 0.2) is 6.79 Å². The second-order valence-corrected chi connectivity index (χ2v) is 5.69. The van der Waals surface area contributed by atoms with Crippen molar-refractivity contribution in [3.8, 4) is 11.5 Å². The van der Waals surface area contributed by atoms with Crippen LogP contribution in [0.2, 0.25) is 0 Å². The topological polar surface area (TPSA) is 27.7 Å². The van der Waals surface area contributed by atoms with Gasteiger partial charge in [0.1, 0.15) is 11.5 Å². The zero-order valence-corrected chi connectivity index (χ0v) is 13.8. The summed E-state index contributed by atoms with van der Waals surface area (Å²) in [6.07, 6.45) is 0. The summed E-state index contributed by atoms with van der Waals surface area (Å²) in [5.41, 5.74) is 1.21. The molecule has 0 aromatic heterocycles. The smallest absolute Gasteiger partial charge is 0.188 e. The third kappa shape index (κ3) is 2.91. The van der Waals surface area contributed by atoms with Gasteiger partial charge in [-0.05, 0) is 57.1 Å². The van der Waals surface area contributed by atoms with E-state index in [1.807, 2.05) is 18.2 Å². The molecule has 0 aliphatic heterocycles. The summed E-state index contributed by atoms with van der Waals surface area (Å²) in [5, 5.41) is 2.14. The molecule has 0 N–H and O–H groups in total. The fourth-order valence-electron chi connectivity index (χ4n) is 2.15. The number of hydrogen-bond donors (Lipinski definition) is 0. The summed E-state index contributed by atoms with van der Waals surface area (Å²) in [6, 6.07) is 8.14. The Hall–Kier alpha value is -1.26. The molecule has 0 radical (unpaired) electrons. The average molecular weight is 339 g/mol. The van der Waals surface area contributed by atoms with Crippen LogP contribution in [0.15, 0.2) is 28.7 Å². The first kappa shape index (κ1) is 15.1. The van der Waals surface area contributed by atoms with Gasteiger partial charge in [-0.2, -0.15) is 0 Å². The highest BCUT2D eigenvalue weighted by molar-refractivity contribution is 9.10. The Bertz CT molecular complexity index is 608. The largest absolute Gasteiger partial charge is 0.497 e. The molecular weight excluding hydrogens is 320 g/mol. The Morgan fingerprint density at radius 1 is 1.15 bits per heavy atom. The summed E-state index contributed by atoms with van der Waals surface area (Å²) in [5.74, 6) is 2.05. The molecule has 0 saturated carbocycles. The van der Waals surface area contributed by atoms with Gasteiger partial charge in [0, 0.05) is 12.5 Å². The number of halogens is 1. The van der Waals surface area contributed by atoms with Gasteiger partial charge in [-0.15, -0.1) is 0 Å². The molecule has 0 spiro atoms. The third-order valence-corrected chi connectivity index (χ3v) is 4.03. The molecule has 0 aliphatic rings. The van der Waals surface area contributed by atoms with E-state index in [1.54, 1.807) is 14.2 Å². The first-order chi connectivity index (χ1) is 9.58. The van der Waals surface area contributed by atoms with Crippen LogP contribution < -0.4 is 9.47 Å². The molecule has 2 rings (SSSR count). The van der Waals surface area contributed by atoms with Crippen LogP contribution in [0.4, 0.5) is 0 Å². The van der Waals surface area contributed by atoms with E-state index in [2.05, 4.69) is 35.8 Å². The van der Waals surface area contributed by atoms with Crippen molar-refractivity contribution in [3.63, 3.8) is 0 Å². The lowest BCUT2D eigenvalue weighted by Gasteiger charge is -2.17. The third-order valence-electron chi connectivity index (χ3n) is 3.21. The Balaban J connectivity index is 2.67. The number of ether oxygens (including phenoxy) is 3. The minimum Gasteiger partial charge on any atom is -0.497 e. The van der Waals surface area contributed by atoms with Crippen LogP contribution in [0.3, 0.4) is 0 Å². The first-order valence-electron chi connectivity index (χ1n) is 6.50. The Morgan fingerprint density at radius 2 is 1.90 bits per heavy atom. The fraction of sp³-hybridized carbons (Fsp3) is 0.375. The van der Waals surface area contributed by atoms with Crippen molar-refractivity contribution in [1.29, 1.82) is 0 Å². The molecule has 0 amide bonds. The van der Waals surface area contributed by atoms with Crippen LogP contribution in [-0.4, -0.2) is 21.0 Å². The molecule has 3 nitrogen and oxygen atoms in total. The first-order valence-corrected chi connectivity index (χ1v) is 7.29. The number of benzene rings is 2. The predicted octanol–water partition coefficient (Wildman–Crippen LogP) is 4.72. The summed E-state index contributed by atoms with van der Waals surface area (Å²) >= 11 is 3.66. The summed E-state index contributed by atoms with van der Waals surface area (Å²) in [7, 11) is 3.29. The highest BCUT2D eigenvalue weighted by Crippen LogP contribution is 2.40. The molecule has 0 unspecified atom stereocenters. The summed E-state index contributed by atoms with van der Waals surface area (Å²) in [6.45, 7) is 4.54. The van der Waals surface area contributed by atoms with Crippen LogP contribution in [0.25, 0.3) is 10.8 Å². The molecule has 0 aliphatic carbocycles. The highest BCUT2D eigenvalue weighted by atomic mass is 79.9. The highest BCUT2D eigenvalue weighted by Gasteiger charge is 2.15. The molecule has 4 heteroatoms. The molecule has 0 bridgehead atoms. The predicted molar refractivity (Wildman–Crippen MR) is 84.8 cm³/mol. The van der Waals surface area contributed by atoms with E-state index in [0.717, 1.165) is 26.7 Å². The van der Waals surface area contributed by atoms with Crippen LogP contribution in [0.5, 0.6) is 11.5 Å². The average Bonchev–Trinajstić information content (AvgIpc) is 2.45. The molecule has 0 atom stereocenters. The minimum absolute atomic E-state index is 0.223. The lowest BCUT2D eigenvalue weighted by molar-refractivity contribution is 0.0516. The zero-order chi connectivity index (χ0) is 14.7. The van der Waals surface area contributed by atoms with Gasteiger partial charge in [0.25, 0.3) is 0 Å². The van der Waals surface area contributed by atoms with Crippen molar-refractivity contribution in [2.45, 2.75) is 19.8 Å². The van der Waals surface area contributed by atoms with Crippen molar-refractivity contribution >= 4 is 26.7 Å². The van der Waals surface area contributed by atoms with Crippen LogP contribution in [0, 0.1) is 0 Å². The van der Waals surface area contributed by atoms with E-state index < -0.39 is 0 Å². The molecule has 0 fully saturated rings. The van der Waals surface area contributed by atoms with E-state index in [9.17, 15) is 0 Å². The lowest BCUT2D eigenvalue weighted by atomic mass is 9.98. The maximum atomic E-state index is 5.75. The molecule has 0 heterocycles. The molecular formula is C16H19BrO3. The van der Waals surface area contributed by atoms with E-state index in [-0.39, 0.29) is 6.79 Å². The van der Waals surface area contributed by atoms with E-state index in [0.29, 0.717) is 5.92 Å². The zero-order valence-electron chi connectivity index (χ0n) is 12.2. The fourth-order valence-corrected chi connectivity index (χ4v) is 3.05. The van der Waals surface area contributed by atoms with E-state index in [4.69, 9.17) is 14.2 Å². The monoisotopic (exact) mass is 338 g/mol. The van der Waals surface area contributed by atoms with Gasteiger partial charge in [-0.1, -0.05) is 13.8 Å². The Kier molecular flexibility index (Phi) is 4.89. The van der Waals surface area contributed by atoms with Crippen molar-refractivity contribution in [2.75, 3.05) is 21.0 Å². The molecule has 20 heavy (non-hydrogen) atoms. The maximum absolute atomic E-state index is 5.75. The number of methoxy groups -OCH3 is 2. The second kappa shape index (κ2) is 6.46. The van der Waals surface area contributed by atoms with Gasteiger partial charge in [-0.3, -0.25) is 0 Å². The molecule has 2 aromatic rings. The van der Waals surface area contributed by atoms with Crippen LogP contribution in [0.1, 0.15) is 25.3 Å². The number of fused-ring (bicyclic) bond motifs is 1. The van der Waals surface area contributed by atoms with Gasteiger partial charge < -0.3 is 14.2 Å². The summed E-state index contributed by atoms with van der Waals surface area (Å²) in [4.78, 5) is 0. The normalized spacial score (nSPS) is 11.1. The lowest BCUT2D eigenvalue weighted by Crippen LogP contribution is -2.02. The van der Waals surface area contributed by atoms with Gasteiger partial charge >= 0.3 is 0 Å². The Morgan fingerprint density at radius 3 is 2.50 bits per heavy atom. The van der Waals surface area contributed by atoms with E-state index >= 15 is 0 Å². The van der Waals surface area contributed by atoms with Gasteiger partial charge in [0.05, 0.1) is 11.6 Å². The molecule has 2 aromatic carbocycles. The SMILES string of the molecule is COCOc1c(Br)c(C(C)C)cc2cc(OC)ccc12. The number of rotatable bonds is 5. The van der Waals surface area contributed by atoms with Crippen LogP contribution in [-0.2, 0) is 4.74 Å². The quantitative estimate of drug-likeness (QED) is 0.738. The second-order valence-electron chi connectivity index (χ2n) is 4.90. The van der Waals surface area contributed by atoms with Crippen molar-refractivity contribution in [1.82, 2.24) is 0 Å². The van der Waals surface area contributed by atoms with Gasteiger partial charge in [0.2, 0.25) is 0 Å². The number of hydrogen-bond acceptors (Lipinski definition) is 3. The Labute approximate surface area is 128 Å². The summed E-state index contributed by atoms with van der Waals surface area (Å²) < 4.78 is 17.1. The van der Waals surface area contributed by atoms with Gasteiger partial charge in [-0.25, -0.2) is 0 Å². The standard InChI is InChI=1S/C16H19BrO3/c1-10(2)14-8-11-7-12(19-4)5-6-13(11)16(15(14)17)20-9-18-3/h5-8,10H,9H2,1-4H3.